The molecule has 1 N–H and O–H groups in total. The van der Waals surface area contributed by atoms with Crippen molar-refractivity contribution in [3.05, 3.63) is 76.7 Å². The number of carbonyl (C=O) groups excluding carboxylic acids is 1. The summed E-state index contributed by atoms with van der Waals surface area (Å²) in [6.07, 6.45) is 21.0. The average Bonchev–Trinajstić information content (AvgIpc) is 3.45. The molecule has 1 aromatic heterocycles. The molecular formula is C33H47N2O2S+. The summed E-state index contributed by atoms with van der Waals surface area (Å²) in [4.78, 5) is 12.8. The van der Waals surface area contributed by atoms with Gasteiger partial charge in [0.1, 0.15) is 5.75 Å². The number of nitrogens with zero attached hydrogens (tertiary/aromatic N) is 1. The van der Waals surface area contributed by atoms with E-state index in [9.17, 15) is 4.79 Å². The van der Waals surface area contributed by atoms with Crippen LogP contribution in [0, 0.1) is 0 Å². The Morgan fingerprint density at radius 1 is 0.816 bits per heavy atom. The first kappa shape index (κ1) is 29.9. The van der Waals surface area contributed by atoms with Crippen LogP contribution in [0.5, 0.6) is 5.75 Å². The van der Waals surface area contributed by atoms with Gasteiger partial charge < -0.3 is 10.1 Å². The highest BCUT2D eigenvalue weighted by Gasteiger charge is 2.09. The molecule has 0 saturated carbocycles. The monoisotopic (exact) mass is 535 g/mol. The van der Waals surface area contributed by atoms with Crippen LogP contribution in [0.1, 0.15) is 113 Å². The van der Waals surface area contributed by atoms with Gasteiger partial charge in [0, 0.05) is 16.8 Å². The number of unbranched alkanes of at least 4 members (excludes halogenated alkanes) is 13. The van der Waals surface area contributed by atoms with Gasteiger partial charge in [-0.2, -0.15) is 4.57 Å². The molecule has 0 saturated heterocycles. The smallest absolute Gasteiger partial charge is 0.255 e. The van der Waals surface area contributed by atoms with E-state index >= 15 is 0 Å². The summed E-state index contributed by atoms with van der Waals surface area (Å²) in [5.41, 5.74) is 4.69. The first-order valence-corrected chi connectivity index (χ1v) is 15.7. The second-order valence-electron chi connectivity index (χ2n) is 10.3. The maximum atomic E-state index is 12.8. The molecule has 3 rings (SSSR count). The van der Waals surface area contributed by atoms with Crippen molar-refractivity contribution in [1.29, 1.82) is 0 Å². The Balaban J connectivity index is 1.23. The number of nitrogens with one attached hydrogen (secondary N) is 1. The van der Waals surface area contributed by atoms with Gasteiger partial charge in [-0.15, -0.1) is 0 Å². The Bertz CT molecular complexity index is 1020. The number of hydrogen-bond donors (Lipinski definition) is 1. The van der Waals surface area contributed by atoms with E-state index in [2.05, 4.69) is 46.0 Å². The number of rotatable bonds is 20. The van der Waals surface area contributed by atoms with E-state index in [0.717, 1.165) is 24.4 Å². The molecule has 0 aliphatic carbocycles. The Morgan fingerprint density at radius 2 is 1.45 bits per heavy atom. The van der Waals surface area contributed by atoms with Crippen LogP contribution in [0.25, 0.3) is 0 Å². The Kier molecular flexibility index (Phi) is 14.6. The Hall–Kier alpha value is -2.66. The maximum absolute atomic E-state index is 12.8. The van der Waals surface area contributed by atoms with E-state index < -0.39 is 0 Å². The zero-order valence-electron chi connectivity index (χ0n) is 23.3. The normalized spacial score (nSPS) is 11.0. The summed E-state index contributed by atoms with van der Waals surface area (Å²) in [5, 5.41) is 5.06. The molecule has 1 amide bonds. The van der Waals surface area contributed by atoms with Crippen LogP contribution in [0.4, 0.5) is 5.69 Å². The van der Waals surface area contributed by atoms with Crippen molar-refractivity contribution < 1.29 is 14.1 Å². The number of carbonyl (C=O) groups is 1. The molecule has 0 aliphatic rings. The van der Waals surface area contributed by atoms with E-state index in [4.69, 9.17) is 4.74 Å². The molecule has 0 atom stereocenters. The molecule has 0 aliphatic heterocycles. The van der Waals surface area contributed by atoms with Crippen LogP contribution < -0.4 is 14.6 Å². The zero-order chi connectivity index (χ0) is 26.7. The summed E-state index contributed by atoms with van der Waals surface area (Å²) in [6.45, 7) is 3.81. The average molecular weight is 536 g/mol. The van der Waals surface area contributed by atoms with Gasteiger partial charge in [-0.1, -0.05) is 120 Å². The van der Waals surface area contributed by atoms with E-state index in [1.54, 1.807) is 11.3 Å². The van der Waals surface area contributed by atoms with Crippen LogP contribution in [0.2, 0.25) is 0 Å². The number of benzene rings is 2. The highest BCUT2D eigenvalue weighted by molar-refractivity contribution is 7.07. The van der Waals surface area contributed by atoms with Crippen LogP contribution >= 0.6 is 11.3 Å². The Morgan fingerprint density at radius 3 is 2.05 bits per heavy atom. The predicted molar refractivity (Wildman–Crippen MR) is 160 cm³/mol. The van der Waals surface area contributed by atoms with Crippen LogP contribution in [-0.4, -0.2) is 12.5 Å². The molecule has 0 fully saturated rings. The summed E-state index contributed by atoms with van der Waals surface area (Å²) < 4.78 is 8.08. The van der Waals surface area contributed by atoms with Gasteiger partial charge in [-0.3, -0.25) is 4.79 Å². The van der Waals surface area contributed by atoms with Gasteiger partial charge in [0.15, 0.2) is 12.7 Å². The summed E-state index contributed by atoms with van der Waals surface area (Å²) >= 11 is 1.68. The third-order valence-corrected chi connectivity index (χ3v) is 7.64. The number of hydrogen-bond acceptors (Lipinski definition) is 3. The van der Waals surface area contributed by atoms with Crippen LogP contribution in [0.3, 0.4) is 0 Å². The molecule has 0 unspecified atom stereocenters. The highest BCUT2D eigenvalue weighted by atomic mass is 32.1. The number of aromatic nitrogens is 1. The second-order valence-corrected chi connectivity index (χ2v) is 11.1. The standard InChI is InChI=1S/C33H46N2O2S/c1-2-3-4-5-6-7-8-9-10-11-12-13-14-15-24-37-32-18-16-17-30(26-32)33(36)34-31-21-19-29(20-22-31)27-35-23-25-38-28-35/h16-23,25-26,28H,2-15,24,27H2,1H3/p+1. The number of thiazole rings is 1. The van der Waals surface area contributed by atoms with Gasteiger partial charge in [-0.25, -0.2) is 0 Å². The van der Waals surface area contributed by atoms with Crippen molar-refractivity contribution in [2.24, 2.45) is 0 Å². The summed E-state index contributed by atoms with van der Waals surface area (Å²) in [7, 11) is 0. The van der Waals surface area contributed by atoms with Crippen molar-refractivity contribution in [3.63, 3.8) is 0 Å². The lowest BCUT2D eigenvalue weighted by Gasteiger charge is -2.09. The fourth-order valence-corrected chi connectivity index (χ4v) is 5.27. The topological polar surface area (TPSA) is 42.2 Å². The summed E-state index contributed by atoms with van der Waals surface area (Å²) in [6, 6.07) is 15.5. The fraction of sp³-hybridized carbons (Fsp3) is 0.515. The van der Waals surface area contributed by atoms with Gasteiger partial charge in [0.2, 0.25) is 5.51 Å². The summed E-state index contributed by atoms with van der Waals surface area (Å²) in [5.74, 6) is 0.641. The molecule has 0 bridgehead atoms. The van der Waals surface area contributed by atoms with Gasteiger partial charge in [0.05, 0.1) is 12.0 Å². The minimum Gasteiger partial charge on any atom is -0.494 e. The van der Waals surface area contributed by atoms with E-state index in [0.29, 0.717) is 12.2 Å². The first-order valence-electron chi connectivity index (χ1n) is 14.8. The van der Waals surface area contributed by atoms with Crippen molar-refractivity contribution in [2.75, 3.05) is 11.9 Å². The molecule has 4 nitrogen and oxygen atoms in total. The molecule has 38 heavy (non-hydrogen) atoms. The minimum atomic E-state index is -0.119. The lowest BCUT2D eigenvalue weighted by Crippen LogP contribution is -2.30. The molecule has 2 aromatic carbocycles. The van der Waals surface area contributed by atoms with Gasteiger partial charge >= 0.3 is 0 Å². The van der Waals surface area contributed by atoms with Crippen LogP contribution in [-0.2, 0) is 6.54 Å². The molecule has 1 heterocycles. The first-order chi connectivity index (χ1) is 18.7. The van der Waals surface area contributed by atoms with E-state index in [-0.39, 0.29) is 5.91 Å². The Labute approximate surface area is 234 Å². The number of ether oxygens (including phenoxy) is 1. The molecule has 3 aromatic rings. The van der Waals surface area contributed by atoms with Crippen molar-refractivity contribution >= 4 is 22.9 Å². The minimum absolute atomic E-state index is 0.119. The largest absolute Gasteiger partial charge is 0.494 e. The van der Waals surface area contributed by atoms with E-state index in [1.165, 1.54) is 89.0 Å². The van der Waals surface area contributed by atoms with E-state index in [1.807, 2.05) is 36.4 Å². The molecule has 0 radical (unpaired) electrons. The number of anilines is 1. The highest BCUT2D eigenvalue weighted by Crippen LogP contribution is 2.17. The molecule has 206 valence electrons. The van der Waals surface area contributed by atoms with Crippen molar-refractivity contribution in [3.8, 4) is 5.75 Å². The van der Waals surface area contributed by atoms with Gasteiger partial charge in [-0.05, 0) is 36.8 Å². The number of amides is 1. The van der Waals surface area contributed by atoms with Gasteiger partial charge in [0.25, 0.3) is 5.91 Å². The third kappa shape index (κ3) is 12.3. The van der Waals surface area contributed by atoms with Crippen molar-refractivity contribution in [1.82, 2.24) is 0 Å². The zero-order valence-corrected chi connectivity index (χ0v) is 24.2. The molecule has 0 spiro atoms. The van der Waals surface area contributed by atoms with Crippen LogP contribution in [0.15, 0.2) is 65.6 Å². The van der Waals surface area contributed by atoms with Crippen molar-refractivity contribution in [2.45, 2.75) is 103 Å². The second kappa shape index (κ2) is 18.6. The molecule has 5 heteroatoms. The SMILES string of the molecule is CCCCCCCCCCCCCCCCOc1cccc(C(=O)Nc2ccc(C[n+]3ccsc3)cc2)c1. The maximum Gasteiger partial charge on any atom is 0.255 e. The fourth-order valence-electron chi connectivity index (χ4n) is 4.67. The quantitative estimate of drug-likeness (QED) is 0.116. The predicted octanol–water partition coefficient (Wildman–Crippen LogP) is 9.20. The lowest BCUT2D eigenvalue weighted by molar-refractivity contribution is -0.683. The lowest BCUT2D eigenvalue weighted by atomic mass is 10.0. The molecular weight excluding hydrogens is 488 g/mol. The third-order valence-electron chi connectivity index (χ3n) is 6.97.